The number of carbonyl (C=O) groups excluding carboxylic acids is 1. The maximum atomic E-state index is 12.0. The Morgan fingerprint density at radius 2 is 1.80 bits per heavy atom. The Hall–Kier alpha value is -3.41. The molecule has 3 rings (SSSR count). The van der Waals surface area contributed by atoms with Gasteiger partial charge in [0, 0.05) is 18.7 Å². The van der Waals surface area contributed by atoms with Gasteiger partial charge in [0.05, 0.1) is 24.1 Å². The first kappa shape index (κ1) is 16.4. The summed E-state index contributed by atoms with van der Waals surface area (Å²) in [5.41, 5.74) is 2.82. The van der Waals surface area contributed by atoms with Crippen molar-refractivity contribution in [3.05, 3.63) is 66.5 Å². The normalized spacial score (nSPS) is 10.2. The molecule has 1 amide bonds. The Kier molecular flexibility index (Phi) is 4.89. The largest absolute Gasteiger partial charge is 0.496 e. The van der Waals surface area contributed by atoms with E-state index in [9.17, 15) is 4.79 Å². The molecule has 126 valence electrons. The quantitative estimate of drug-likeness (QED) is 0.749. The van der Waals surface area contributed by atoms with Crippen LogP contribution in [0.1, 0.15) is 10.4 Å². The van der Waals surface area contributed by atoms with Gasteiger partial charge in [0.25, 0.3) is 5.91 Å². The topological polar surface area (TPSA) is 76.1 Å². The van der Waals surface area contributed by atoms with E-state index in [0.717, 1.165) is 17.0 Å². The van der Waals surface area contributed by atoms with Gasteiger partial charge in [0.1, 0.15) is 17.9 Å². The van der Waals surface area contributed by atoms with Crippen LogP contribution in [0.25, 0.3) is 11.3 Å². The van der Waals surface area contributed by atoms with Crippen LogP contribution in [0.2, 0.25) is 0 Å². The maximum absolute atomic E-state index is 12.0. The lowest BCUT2D eigenvalue weighted by Gasteiger charge is -2.12. The van der Waals surface area contributed by atoms with Crippen LogP contribution in [0, 0.1) is 0 Å². The van der Waals surface area contributed by atoms with Gasteiger partial charge in [-0.3, -0.25) is 4.79 Å². The second-order valence-electron chi connectivity index (χ2n) is 5.24. The summed E-state index contributed by atoms with van der Waals surface area (Å²) >= 11 is 0. The minimum Gasteiger partial charge on any atom is -0.496 e. The minimum atomic E-state index is -0.165. The summed E-state index contributed by atoms with van der Waals surface area (Å²) in [7, 11) is 3.22. The molecule has 25 heavy (non-hydrogen) atoms. The smallest absolute Gasteiger partial charge is 0.253 e. The Morgan fingerprint density at radius 1 is 1.04 bits per heavy atom. The number of nitrogens with zero attached hydrogens (tertiary/aromatic N) is 2. The first-order valence-electron chi connectivity index (χ1n) is 7.76. The van der Waals surface area contributed by atoms with E-state index in [-0.39, 0.29) is 5.91 Å². The number of nitrogens with one attached hydrogen (secondary N) is 2. The minimum absolute atomic E-state index is 0.165. The first-order valence-corrected chi connectivity index (χ1v) is 7.76. The Morgan fingerprint density at radius 3 is 2.60 bits per heavy atom. The van der Waals surface area contributed by atoms with E-state index in [4.69, 9.17) is 4.74 Å². The fourth-order valence-electron chi connectivity index (χ4n) is 2.49. The maximum Gasteiger partial charge on any atom is 0.253 e. The molecule has 2 aromatic carbocycles. The van der Waals surface area contributed by atoms with Gasteiger partial charge in [-0.2, -0.15) is 0 Å². The molecule has 0 aliphatic rings. The van der Waals surface area contributed by atoms with Crippen LogP contribution < -0.4 is 15.4 Å². The van der Waals surface area contributed by atoms with E-state index in [1.54, 1.807) is 20.2 Å². The van der Waals surface area contributed by atoms with E-state index in [2.05, 4.69) is 20.6 Å². The highest BCUT2D eigenvalue weighted by Crippen LogP contribution is 2.29. The fourth-order valence-corrected chi connectivity index (χ4v) is 2.49. The van der Waals surface area contributed by atoms with E-state index in [1.165, 1.54) is 6.33 Å². The Balaban J connectivity index is 1.95. The van der Waals surface area contributed by atoms with Gasteiger partial charge in [0.15, 0.2) is 0 Å². The third-order valence-electron chi connectivity index (χ3n) is 3.71. The van der Waals surface area contributed by atoms with Crippen LogP contribution in [0.3, 0.4) is 0 Å². The molecule has 0 spiro atoms. The molecule has 0 aliphatic carbocycles. The summed E-state index contributed by atoms with van der Waals surface area (Å²) in [5.74, 6) is 1.16. The van der Waals surface area contributed by atoms with Crippen LogP contribution in [0.5, 0.6) is 5.75 Å². The van der Waals surface area contributed by atoms with Gasteiger partial charge < -0.3 is 15.4 Å². The zero-order chi connectivity index (χ0) is 17.6. The van der Waals surface area contributed by atoms with Gasteiger partial charge in [-0.1, -0.05) is 24.3 Å². The standard InChI is InChI=1S/C19H18N4O2/c1-20-19(24)14-8-3-5-9-15(14)23-18-11-16(21-12-22-18)13-7-4-6-10-17(13)25-2/h3-12H,1-2H3,(H,20,24)(H,21,22,23). The SMILES string of the molecule is CNC(=O)c1ccccc1Nc1cc(-c2ccccc2OC)ncn1. The summed E-state index contributed by atoms with van der Waals surface area (Å²) in [5, 5.41) is 5.81. The number of anilines is 2. The van der Waals surface area contributed by atoms with Crippen LogP contribution in [-0.2, 0) is 0 Å². The molecule has 0 saturated carbocycles. The van der Waals surface area contributed by atoms with Gasteiger partial charge in [-0.05, 0) is 24.3 Å². The van der Waals surface area contributed by atoms with Crippen molar-refractivity contribution in [2.24, 2.45) is 0 Å². The molecule has 6 heteroatoms. The summed E-state index contributed by atoms with van der Waals surface area (Å²) < 4.78 is 5.39. The number of methoxy groups -OCH3 is 1. The summed E-state index contributed by atoms with van der Waals surface area (Å²) in [4.78, 5) is 20.6. The summed E-state index contributed by atoms with van der Waals surface area (Å²) in [6.45, 7) is 0. The Bertz CT molecular complexity index is 896. The number of rotatable bonds is 5. The van der Waals surface area contributed by atoms with Crippen molar-refractivity contribution in [1.29, 1.82) is 0 Å². The van der Waals surface area contributed by atoms with Crippen molar-refractivity contribution in [2.75, 3.05) is 19.5 Å². The molecular formula is C19H18N4O2. The van der Waals surface area contributed by atoms with E-state index in [1.807, 2.05) is 48.5 Å². The van der Waals surface area contributed by atoms with Crippen molar-refractivity contribution < 1.29 is 9.53 Å². The monoisotopic (exact) mass is 334 g/mol. The van der Waals surface area contributed by atoms with E-state index < -0.39 is 0 Å². The summed E-state index contributed by atoms with van der Waals surface area (Å²) in [6, 6.07) is 16.7. The predicted octanol–water partition coefficient (Wildman–Crippen LogP) is 3.26. The molecule has 0 saturated heterocycles. The van der Waals surface area contributed by atoms with Crippen molar-refractivity contribution in [1.82, 2.24) is 15.3 Å². The zero-order valence-corrected chi connectivity index (χ0v) is 14.0. The van der Waals surface area contributed by atoms with Crippen molar-refractivity contribution in [2.45, 2.75) is 0 Å². The number of benzene rings is 2. The molecule has 1 heterocycles. The van der Waals surface area contributed by atoms with Gasteiger partial charge in [-0.25, -0.2) is 9.97 Å². The number of hydrogen-bond donors (Lipinski definition) is 2. The van der Waals surface area contributed by atoms with E-state index >= 15 is 0 Å². The van der Waals surface area contributed by atoms with Crippen LogP contribution in [-0.4, -0.2) is 30.0 Å². The molecule has 0 radical (unpaired) electrons. The number of carbonyl (C=O) groups is 1. The number of ether oxygens (including phenoxy) is 1. The second kappa shape index (κ2) is 7.44. The molecule has 6 nitrogen and oxygen atoms in total. The highest BCUT2D eigenvalue weighted by atomic mass is 16.5. The van der Waals surface area contributed by atoms with Crippen LogP contribution in [0.15, 0.2) is 60.9 Å². The van der Waals surface area contributed by atoms with Crippen molar-refractivity contribution in [3.63, 3.8) is 0 Å². The van der Waals surface area contributed by atoms with Crippen LogP contribution >= 0.6 is 0 Å². The van der Waals surface area contributed by atoms with Crippen LogP contribution in [0.4, 0.5) is 11.5 Å². The highest BCUT2D eigenvalue weighted by Gasteiger charge is 2.11. The molecule has 0 aliphatic heterocycles. The molecule has 0 bridgehead atoms. The Labute approximate surface area is 145 Å². The van der Waals surface area contributed by atoms with Crippen molar-refractivity contribution in [3.8, 4) is 17.0 Å². The number of amides is 1. The molecule has 3 aromatic rings. The third-order valence-corrected chi connectivity index (χ3v) is 3.71. The average Bonchev–Trinajstić information content (AvgIpc) is 2.68. The lowest BCUT2D eigenvalue weighted by molar-refractivity contribution is 0.0964. The number of hydrogen-bond acceptors (Lipinski definition) is 5. The lowest BCUT2D eigenvalue weighted by atomic mass is 10.1. The number of aromatic nitrogens is 2. The first-order chi connectivity index (χ1) is 12.2. The molecule has 2 N–H and O–H groups in total. The summed E-state index contributed by atoms with van der Waals surface area (Å²) in [6.07, 6.45) is 1.48. The average molecular weight is 334 g/mol. The number of para-hydroxylation sites is 2. The van der Waals surface area contributed by atoms with E-state index in [0.29, 0.717) is 17.1 Å². The molecule has 1 aromatic heterocycles. The third kappa shape index (κ3) is 3.58. The molecule has 0 unspecified atom stereocenters. The molecule has 0 fully saturated rings. The fraction of sp³-hybridized carbons (Fsp3) is 0.105. The van der Waals surface area contributed by atoms with Gasteiger partial charge in [0.2, 0.25) is 0 Å². The van der Waals surface area contributed by atoms with Gasteiger partial charge >= 0.3 is 0 Å². The molecular weight excluding hydrogens is 316 g/mol. The zero-order valence-electron chi connectivity index (χ0n) is 14.0. The second-order valence-corrected chi connectivity index (χ2v) is 5.24. The predicted molar refractivity (Wildman–Crippen MR) is 97.1 cm³/mol. The lowest BCUT2D eigenvalue weighted by Crippen LogP contribution is -2.19. The van der Waals surface area contributed by atoms with Gasteiger partial charge in [-0.15, -0.1) is 0 Å². The van der Waals surface area contributed by atoms with Crippen molar-refractivity contribution >= 4 is 17.4 Å². The molecule has 0 atom stereocenters. The highest BCUT2D eigenvalue weighted by molar-refractivity contribution is 6.00.